The molecule has 3 nitrogen and oxygen atoms in total. The Labute approximate surface area is 74.8 Å². The van der Waals surface area contributed by atoms with Crippen molar-refractivity contribution < 1.29 is 5.11 Å². The number of nitrogens with one attached hydrogen (secondary N) is 1. The molecule has 0 aromatic heterocycles. The zero-order chi connectivity index (χ0) is 8.97. The van der Waals surface area contributed by atoms with Crippen LogP contribution in [0, 0.1) is 5.92 Å². The van der Waals surface area contributed by atoms with Crippen LogP contribution in [0.25, 0.3) is 0 Å². The molecule has 1 saturated heterocycles. The molecule has 2 N–H and O–H groups in total. The van der Waals surface area contributed by atoms with Crippen molar-refractivity contribution in [2.24, 2.45) is 5.92 Å². The molecule has 0 spiro atoms. The van der Waals surface area contributed by atoms with E-state index in [1.54, 1.807) is 0 Å². The second kappa shape index (κ2) is 4.80. The Balaban J connectivity index is 2.20. The normalized spacial score (nSPS) is 26.5. The minimum Gasteiger partial charge on any atom is -0.377 e. The van der Waals surface area contributed by atoms with Gasteiger partial charge in [-0.05, 0) is 12.3 Å². The van der Waals surface area contributed by atoms with Crippen molar-refractivity contribution in [2.45, 2.75) is 26.5 Å². The third kappa shape index (κ3) is 3.09. The Morgan fingerprint density at radius 1 is 1.58 bits per heavy atom. The number of rotatable bonds is 3. The summed E-state index contributed by atoms with van der Waals surface area (Å²) in [6.45, 7) is 8.17. The highest BCUT2D eigenvalue weighted by Gasteiger charge is 2.18. The molecule has 72 valence electrons. The molecule has 0 saturated carbocycles. The molecule has 0 radical (unpaired) electrons. The number of hydrogen-bond donors (Lipinski definition) is 2. The summed E-state index contributed by atoms with van der Waals surface area (Å²) in [6, 6.07) is 0. The summed E-state index contributed by atoms with van der Waals surface area (Å²) in [4.78, 5) is 2.15. The van der Waals surface area contributed by atoms with E-state index < -0.39 is 0 Å². The summed E-state index contributed by atoms with van der Waals surface area (Å²) in [5, 5.41) is 12.7. The minimum atomic E-state index is -0.266. The van der Waals surface area contributed by atoms with Crippen molar-refractivity contribution in [3.8, 4) is 0 Å². The fourth-order valence-electron chi connectivity index (χ4n) is 1.42. The maximum atomic E-state index is 9.55. The molecule has 1 fully saturated rings. The lowest BCUT2D eigenvalue weighted by molar-refractivity contribution is -0.0146. The molecule has 1 aliphatic rings. The van der Waals surface area contributed by atoms with E-state index >= 15 is 0 Å². The lowest BCUT2D eigenvalue weighted by atomic mass is 10.1. The number of aliphatic hydroxyl groups is 1. The van der Waals surface area contributed by atoms with E-state index in [-0.39, 0.29) is 6.23 Å². The summed E-state index contributed by atoms with van der Waals surface area (Å²) in [7, 11) is 0. The average molecular weight is 172 g/mol. The molecule has 1 unspecified atom stereocenters. The molecule has 1 atom stereocenters. The fraction of sp³-hybridized carbons (Fsp3) is 1.00. The average Bonchev–Trinajstić information content (AvgIpc) is 2.03. The highest BCUT2D eigenvalue weighted by Crippen LogP contribution is 2.05. The lowest BCUT2D eigenvalue weighted by Crippen LogP contribution is -2.51. The summed E-state index contributed by atoms with van der Waals surface area (Å²) in [5.74, 6) is 0.729. The first-order valence-corrected chi connectivity index (χ1v) is 4.83. The van der Waals surface area contributed by atoms with Gasteiger partial charge in [-0.2, -0.15) is 0 Å². The molecule has 1 rings (SSSR count). The smallest absolute Gasteiger partial charge is 0.120 e. The zero-order valence-electron chi connectivity index (χ0n) is 8.08. The number of piperazine rings is 1. The van der Waals surface area contributed by atoms with Crippen LogP contribution in [0.5, 0.6) is 0 Å². The Morgan fingerprint density at radius 3 is 2.92 bits per heavy atom. The highest BCUT2D eigenvalue weighted by molar-refractivity contribution is 4.71. The molecule has 0 aromatic rings. The first-order chi connectivity index (χ1) is 5.70. The third-order valence-electron chi connectivity index (χ3n) is 2.32. The molecule has 12 heavy (non-hydrogen) atoms. The monoisotopic (exact) mass is 172 g/mol. The standard InChI is InChI=1S/C9H20N2O/c1-8(2)3-5-11-6-4-10-7-9(11)12/h8-10,12H,3-7H2,1-2H3. The van der Waals surface area contributed by atoms with Crippen LogP contribution < -0.4 is 5.32 Å². The fourth-order valence-corrected chi connectivity index (χ4v) is 1.42. The lowest BCUT2D eigenvalue weighted by Gasteiger charge is -2.32. The number of β-amino-alcohol motifs (C(OH)–C–C–N with tert-alkyl or cyclic N) is 1. The van der Waals surface area contributed by atoms with Gasteiger partial charge in [0.15, 0.2) is 0 Å². The van der Waals surface area contributed by atoms with Gasteiger partial charge in [0.2, 0.25) is 0 Å². The third-order valence-corrected chi connectivity index (χ3v) is 2.32. The minimum absolute atomic E-state index is 0.266. The van der Waals surface area contributed by atoms with Crippen molar-refractivity contribution in [3.63, 3.8) is 0 Å². The summed E-state index contributed by atoms with van der Waals surface area (Å²) in [6.07, 6.45) is 0.911. The van der Waals surface area contributed by atoms with Gasteiger partial charge in [-0.3, -0.25) is 4.90 Å². The largest absolute Gasteiger partial charge is 0.377 e. The predicted octanol–water partition coefficient (Wildman–Crippen LogP) is 0.256. The second-order valence-electron chi connectivity index (χ2n) is 3.90. The van der Waals surface area contributed by atoms with Crippen molar-refractivity contribution in [1.29, 1.82) is 0 Å². The van der Waals surface area contributed by atoms with E-state index in [9.17, 15) is 5.11 Å². The number of nitrogens with zero attached hydrogens (tertiary/aromatic N) is 1. The molecule has 1 aliphatic heterocycles. The van der Waals surface area contributed by atoms with E-state index in [2.05, 4.69) is 24.1 Å². The van der Waals surface area contributed by atoms with Gasteiger partial charge in [0.1, 0.15) is 6.23 Å². The van der Waals surface area contributed by atoms with Crippen molar-refractivity contribution in [2.75, 3.05) is 26.2 Å². The molecule has 0 amide bonds. The maximum Gasteiger partial charge on any atom is 0.120 e. The van der Waals surface area contributed by atoms with Crippen LogP contribution in [0.3, 0.4) is 0 Å². The van der Waals surface area contributed by atoms with Crippen LogP contribution in [-0.2, 0) is 0 Å². The highest BCUT2D eigenvalue weighted by atomic mass is 16.3. The van der Waals surface area contributed by atoms with Gasteiger partial charge in [-0.25, -0.2) is 0 Å². The van der Waals surface area contributed by atoms with Crippen LogP contribution in [0.1, 0.15) is 20.3 Å². The molecule has 3 heteroatoms. The van der Waals surface area contributed by atoms with E-state index in [1.165, 1.54) is 6.42 Å². The topological polar surface area (TPSA) is 35.5 Å². The van der Waals surface area contributed by atoms with Crippen LogP contribution in [0.15, 0.2) is 0 Å². The van der Waals surface area contributed by atoms with E-state index in [0.717, 1.165) is 32.1 Å². The molecular formula is C9H20N2O. The first-order valence-electron chi connectivity index (χ1n) is 4.83. The van der Waals surface area contributed by atoms with Gasteiger partial charge in [-0.1, -0.05) is 13.8 Å². The second-order valence-corrected chi connectivity index (χ2v) is 3.90. The van der Waals surface area contributed by atoms with Crippen LogP contribution in [0.2, 0.25) is 0 Å². The Hall–Kier alpha value is -0.120. The molecule has 0 bridgehead atoms. The van der Waals surface area contributed by atoms with Crippen molar-refractivity contribution in [3.05, 3.63) is 0 Å². The number of aliphatic hydroxyl groups excluding tert-OH is 1. The Kier molecular flexibility index (Phi) is 3.98. The van der Waals surface area contributed by atoms with Crippen molar-refractivity contribution >= 4 is 0 Å². The first kappa shape index (κ1) is 9.96. The Morgan fingerprint density at radius 2 is 2.33 bits per heavy atom. The molecule has 0 aliphatic carbocycles. The van der Waals surface area contributed by atoms with Crippen LogP contribution in [-0.4, -0.2) is 42.4 Å². The van der Waals surface area contributed by atoms with Gasteiger partial charge in [-0.15, -0.1) is 0 Å². The Bertz CT molecular complexity index is 128. The summed E-state index contributed by atoms with van der Waals surface area (Å²) < 4.78 is 0. The van der Waals surface area contributed by atoms with Crippen molar-refractivity contribution in [1.82, 2.24) is 10.2 Å². The predicted molar refractivity (Wildman–Crippen MR) is 49.9 cm³/mol. The van der Waals surface area contributed by atoms with Crippen LogP contribution >= 0.6 is 0 Å². The van der Waals surface area contributed by atoms with Gasteiger partial charge in [0.25, 0.3) is 0 Å². The quantitative estimate of drug-likeness (QED) is 0.641. The van der Waals surface area contributed by atoms with Gasteiger partial charge in [0.05, 0.1) is 0 Å². The molecule has 0 aromatic carbocycles. The van der Waals surface area contributed by atoms with E-state index in [0.29, 0.717) is 0 Å². The van der Waals surface area contributed by atoms with Crippen LogP contribution in [0.4, 0.5) is 0 Å². The van der Waals surface area contributed by atoms with Gasteiger partial charge in [0, 0.05) is 26.2 Å². The van der Waals surface area contributed by atoms with E-state index in [4.69, 9.17) is 0 Å². The summed E-state index contributed by atoms with van der Waals surface area (Å²) >= 11 is 0. The van der Waals surface area contributed by atoms with E-state index in [1.807, 2.05) is 0 Å². The molecule has 1 heterocycles. The number of hydrogen-bond acceptors (Lipinski definition) is 3. The molecular weight excluding hydrogens is 152 g/mol. The van der Waals surface area contributed by atoms with Gasteiger partial charge < -0.3 is 10.4 Å². The maximum absolute atomic E-state index is 9.55. The summed E-state index contributed by atoms with van der Waals surface area (Å²) in [5.41, 5.74) is 0. The SMILES string of the molecule is CC(C)CCN1CCNCC1O. The van der Waals surface area contributed by atoms with Gasteiger partial charge >= 0.3 is 0 Å². The zero-order valence-corrected chi connectivity index (χ0v) is 8.08.